The summed E-state index contributed by atoms with van der Waals surface area (Å²) in [4.78, 5) is 14.9. The van der Waals surface area contributed by atoms with Gasteiger partial charge in [0.15, 0.2) is 0 Å². The van der Waals surface area contributed by atoms with E-state index in [0.29, 0.717) is 5.02 Å². The van der Waals surface area contributed by atoms with E-state index in [1.165, 1.54) is 12.8 Å². The summed E-state index contributed by atoms with van der Waals surface area (Å²) in [6.45, 7) is 2.30. The average molecular weight is 301 g/mol. The highest BCUT2D eigenvalue weighted by Crippen LogP contribution is 2.28. The summed E-state index contributed by atoms with van der Waals surface area (Å²) in [5, 5.41) is 1.69. The third kappa shape index (κ3) is 2.28. The highest BCUT2D eigenvalue weighted by atomic mass is 35.5. The van der Waals surface area contributed by atoms with Crippen LogP contribution in [0.5, 0.6) is 0 Å². The number of aromatic nitrogens is 2. The van der Waals surface area contributed by atoms with Crippen molar-refractivity contribution < 1.29 is 0 Å². The number of hydrogen-bond donors (Lipinski definition) is 1. The van der Waals surface area contributed by atoms with Crippen molar-refractivity contribution in [2.24, 2.45) is 4.99 Å². The molecule has 2 aromatic heterocycles. The van der Waals surface area contributed by atoms with Crippen molar-refractivity contribution >= 4 is 28.3 Å². The molecule has 2 aromatic rings. The summed E-state index contributed by atoms with van der Waals surface area (Å²) in [5.41, 5.74) is 2.81. The molecular formula is C16H17ClN4. The molecule has 4 rings (SSSR count). The van der Waals surface area contributed by atoms with Crippen molar-refractivity contribution in [3.05, 3.63) is 41.2 Å². The van der Waals surface area contributed by atoms with Crippen LogP contribution in [0.15, 0.2) is 35.6 Å². The molecule has 4 heterocycles. The Bertz CT molecular complexity index is 725. The number of aliphatic imine (C=N–C) groups is 1. The second-order valence-corrected chi connectivity index (χ2v) is 6.00. The molecule has 1 fully saturated rings. The van der Waals surface area contributed by atoms with Crippen LogP contribution in [-0.2, 0) is 0 Å². The number of dihydropyridines is 1. The Kier molecular flexibility index (Phi) is 3.28. The van der Waals surface area contributed by atoms with Crippen molar-refractivity contribution in [1.29, 1.82) is 0 Å². The third-order valence-corrected chi connectivity index (χ3v) is 4.56. The molecule has 0 spiro atoms. The van der Waals surface area contributed by atoms with E-state index in [2.05, 4.69) is 27.0 Å². The van der Waals surface area contributed by atoms with Crippen LogP contribution >= 0.6 is 11.6 Å². The molecule has 0 amide bonds. The van der Waals surface area contributed by atoms with Crippen molar-refractivity contribution in [2.45, 2.75) is 25.4 Å². The quantitative estimate of drug-likeness (QED) is 0.924. The topological polar surface area (TPSA) is 44.3 Å². The lowest BCUT2D eigenvalue weighted by Crippen LogP contribution is -2.33. The molecule has 5 heteroatoms. The van der Waals surface area contributed by atoms with E-state index >= 15 is 0 Å². The lowest BCUT2D eigenvalue weighted by atomic mass is 10.0. The Labute approximate surface area is 128 Å². The maximum Gasteiger partial charge on any atom is 0.138 e. The summed E-state index contributed by atoms with van der Waals surface area (Å²) in [6, 6.07) is 2.01. The van der Waals surface area contributed by atoms with Crippen LogP contribution in [0, 0.1) is 0 Å². The van der Waals surface area contributed by atoms with Gasteiger partial charge in [-0.1, -0.05) is 17.7 Å². The summed E-state index contributed by atoms with van der Waals surface area (Å²) < 4.78 is 0. The fourth-order valence-corrected chi connectivity index (χ4v) is 3.47. The SMILES string of the molecule is Clc1cnc2[nH]ccc2c1C1=NC(N2CCCC2)CC=C1. The molecule has 108 valence electrons. The van der Waals surface area contributed by atoms with Gasteiger partial charge in [0.2, 0.25) is 0 Å². The van der Waals surface area contributed by atoms with E-state index in [0.717, 1.165) is 41.8 Å². The van der Waals surface area contributed by atoms with E-state index < -0.39 is 0 Å². The van der Waals surface area contributed by atoms with Gasteiger partial charge in [0.1, 0.15) is 11.8 Å². The van der Waals surface area contributed by atoms with Crippen LogP contribution in [-0.4, -0.2) is 39.8 Å². The van der Waals surface area contributed by atoms with Gasteiger partial charge in [0.05, 0.1) is 10.7 Å². The number of allylic oxidation sites excluding steroid dienone is 1. The number of nitrogens with one attached hydrogen (secondary N) is 1. The molecule has 2 aliphatic heterocycles. The molecular weight excluding hydrogens is 284 g/mol. The minimum atomic E-state index is 0.255. The number of hydrogen-bond acceptors (Lipinski definition) is 3. The zero-order valence-electron chi connectivity index (χ0n) is 11.7. The second-order valence-electron chi connectivity index (χ2n) is 5.60. The highest BCUT2D eigenvalue weighted by Gasteiger charge is 2.24. The Morgan fingerprint density at radius 1 is 1.29 bits per heavy atom. The monoisotopic (exact) mass is 300 g/mol. The zero-order valence-corrected chi connectivity index (χ0v) is 12.5. The van der Waals surface area contributed by atoms with Gasteiger partial charge < -0.3 is 4.98 Å². The Balaban J connectivity index is 1.78. The molecule has 1 atom stereocenters. The fourth-order valence-electron chi connectivity index (χ4n) is 3.22. The number of pyridine rings is 1. The molecule has 1 saturated heterocycles. The van der Waals surface area contributed by atoms with E-state index in [1.54, 1.807) is 6.20 Å². The lowest BCUT2D eigenvalue weighted by Gasteiger charge is -2.26. The Morgan fingerprint density at radius 2 is 2.14 bits per heavy atom. The normalized spacial score (nSPS) is 22.9. The molecule has 2 aliphatic rings. The molecule has 4 nitrogen and oxygen atoms in total. The van der Waals surface area contributed by atoms with Gasteiger partial charge in [-0.2, -0.15) is 0 Å². The molecule has 0 radical (unpaired) electrons. The molecule has 0 bridgehead atoms. The Hall–Kier alpha value is -1.65. The molecule has 0 saturated carbocycles. The van der Waals surface area contributed by atoms with E-state index in [1.807, 2.05) is 12.3 Å². The predicted octanol–water partition coefficient (Wildman–Crippen LogP) is 3.39. The van der Waals surface area contributed by atoms with Gasteiger partial charge in [-0.3, -0.25) is 9.89 Å². The van der Waals surface area contributed by atoms with Gasteiger partial charge in [-0.05, 0) is 25.0 Å². The average Bonchev–Trinajstić information content (AvgIpc) is 3.18. The summed E-state index contributed by atoms with van der Waals surface area (Å²) in [5.74, 6) is 0. The maximum atomic E-state index is 6.40. The molecule has 0 aromatic carbocycles. The predicted molar refractivity (Wildman–Crippen MR) is 86.0 cm³/mol. The van der Waals surface area contributed by atoms with Crippen LogP contribution in [0.4, 0.5) is 0 Å². The first-order chi connectivity index (χ1) is 10.3. The van der Waals surface area contributed by atoms with Crippen LogP contribution in [0.1, 0.15) is 24.8 Å². The first-order valence-corrected chi connectivity index (χ1v) is 7.81. The van der Waals surface area contributed by atoms with Crippen molar-refractivity contribution in [3.8, 4) is 0 Å². The van der Waals surface area contributed by atoms with E-state index in [-0.39, 0.29) is 6.17 Å². The lowest BCUT2D eigenvalue weighted by molar-refractivity contribution is 0.250. The number of nitrogens with zero attached hydrogens (tertiary/aromatic N) is 3. The number of halogens is 1. The van der Waals surface area contributed by atoms with E-state index in [9.17, 15) is 0 Å². The second kappa shape index (κ2) is 5.28. The molecule has 1 unspecified atom stereocenters. The summed E-state index contributed by atoms with van der Waals surface area (Å²) in [7, 11) is 0. The van der Waals surface area contributed by atoms with E-state index in [4.69, 9.17) is 16.6 Å². The highest BCUT2D eigenvalue weighted by molar-refractivity contribution is 6.36. The fraction of sp³-hybridized carbons (Fsp3) is 0.375. The molecule has 1 N–H and O–H groups in total. The number of rotatable bonds is 2. The van der Waals surface area contributed by atoms with Crippen molar-refractivity contribution in [1.82, 2.24) is 14.9 Å². The smallest absolute Gasteiger partial charge is 0.138 e. The number of fused-ring (bicyclic) bond motifs is 1. The van der Waals surface area contributed by atoms with Crippen LogP contribution < -0.4 is 0 Å². The molecule has 0 aliphatic carbocycles. The minimum absolute atomic E-state index is 0.255. The third-order valence-electron chi connectivity index (χ3n) is 4.27. The minimum Gasteiger partial charge on any atom is -0.346 e. The first kappa shape index (κ1) is 13.0. The maximum absolute atomic E-state index is 6.40. The summed E-state index contributed by atoms with van der Waals surface area (Å²) in [6.07, 6.45) is 11.7. The van der Waals surface area contributed by atoms with Crippen LogP contribution in [0.3, 0.4) is 0 Å². The largest absolute Gasteiger partial charge is 0.346 e. The number of likely N-dealkylation sites (tertiary alicyclic amines) is 1. The van der Waals surface area contributed by atoms with Crippen molar-refractivity contribution in [2.75, 3.05) is 13.1 Å². The summed E-state index contributed by atoms with van der Waals surface area (Å²) >= 11 is 6.40. The number of aromatic amines is 1. The Morgan fingerprint density at radius 3 is 3.00 bits per heavy atom. The van der Waals surface area contributed by atoms with Gasteiger partial charge in [0.25, 0.3) is 0 Å². The molecule has 21 heavy (non-hydrogen) atoms. The standard InChI is InChI=1S/C16H17ClN4/c17-12-10-19-16-11(6-7-18-16)15(12)13-4-3-5-14(20-13)21-8-1-2-9-21/h3-4,6-7,10,14H,1-2,5,8-9H2,(H,18,19). The van der Waals surface area contributed by atoms with Gasteiger partial charge in [-0.25, -0.2) is 4.98 Å². The van der Waals surface area contributed by atoms with Crippen molar-refractivity contribution in [3.63, 3.8) is 0 Å². The van der Waals surface area contributed by atoms with Gasteiger partial charge >= 0.3 is 0 Å². The van der Waals surface area contributed by atoms with Crippen LogP contribution in [0.25, 0.3) is 11.0 Å². The first-order valence-electron chi connectivity index (χ1n) is 7.43. The van der Waals surface area contributed by atoms with Gasteiger partial charge in [0, 0.05) is 42.9 Å². The number of H-pyrrole nitrogens is 1. The van der Waals surface area contributed by atoms with Gasteiger partial charge in [-0.15, -0.1) is 0 Å². The zero-order chi connectivity index (χ0) is 14.2. The van der Waals surface area contributed by atoms with Crippen LogP contribution in [0.2, 0.25) is 5.02 Å².